The van der Waals surface area contributed by atoms with Gasteiger partial charge < -0.3 is 4.57 Å². The molecular formula is C22H26N4O. The lowest BCUT2D eigenvalue weighted by atomic mass is 10.1. The summed E-state index contributed by atoms with van der Waals surface area (Å²) in [6.45, 7) is 9.98. The van der Waals surface area contributed by atoms with Gasteiger partial charge in [0.05, 0.1) is 17.4 Å². The molecule has 27 heavy (non-hydrogen) atoms. The van der Waals surface area contributed by atoms with Crippen LogP contribution in [-0.4, -0.2) is 39.3 Å². The monoisotopic (exact) mass is 362 g/mol. The first kappa shape index (κ1) is 17.8. The van der Waals surface area contributed by atoms with E-state index in [1.54, 1.807) is 0 Å². The fourth-order valence-corrected chi connectivity index (χ4v) is 3.91. The number of hydrogen-bond donors (Lipinski definition) is 1. The van der Waals surface area contributed by atoms with Gasteiger partial charge in [-0.2, -0.15) is 5.10 Å². The summed E-state index contributed by atoms with van der Waals surface area (Å²) in [5.41, 5.74) is 3.50. The molecule has 0 amide bonds. The summed E-state index contributed by atoms with van der Waals surface area (Å²) in [7, 11) is 0. The average molecular weight is 362 g/mol. The van der Waals surface area contributed by atoms with E-state index in [1.165, 1.54) is 12.8 Å². The highest BCUT2D eigenvalue weighted by Gasteiger charge is 2.16. The SMILES string of the molecule is Cc1[nH]nc2c1c(=O)n(CC(C)C)c1ccc(C#CCN3CCCC3)cc21. The number of fused-ring (bicyclic) bond motifs is 3. The lowest BCUT2D eigenvalue weighted by molar-refractivity contribution is 0.383. The zero-order valence-corrected chi connectivity index (χ0v) is 16.3. The first-order valence-electron chi connectivity index (χ1n) is 9.77. The van der Waals surface area contributed by atoms with E-state index >= 15 is 0 Å². The van der Waals surface area contributed by atoms with E-state index in [4.69, 9.17) is 0 Å². The Kier molecular flexibility index (Phi) is 4.75. The molecule has 5 heteroatoms. The van der Waals surface area contributed by atoms with Crippen molar-refractivity contribution in [1.82, 2.24) is 19.7 Å². The van der Waals surface area contributed by atoms with E-state index in [1.807, 2.05) is 23.6 Å². The van der Waals surface area contributed by atoms with E-state index in [9.17, 15) is 4.79 Å². The number of pyridine rings is 1. The third kappa shape index (κ3) is 3.38. The molecule has 0 spiro atoms. The number of nitrogens with one attached hydrogen (secondary N) is 1. The van der Waals surface area contributed by atoms with E-state index in [2.05, 4.69) is 46.9 Å². The Balaban J connectivity index is 1.82. The van der Waals surface area contributed by atoms with Gasteiger partial charge in [-0.3, -0.25) is 14.8 Å². The molecule has 1 aliphatic heterocycles. The largest absolute Gasteiger partial charge is 0.307 e. The molecule has 0 radical (unpaired) electrons. The van der Waals surface area contributed by atoms with Gasteiger partial charge in [0.25, 0.3) is 5.56 Å². The highest BCUT2D eigenvalue weighted by atomic mass is 16.1. The third-order valence-electron chi connectivity index (χ3n) is 5.23. The quantitative estimate of drug-likeness (QED) is 0.728. The topological polar surface area (TPSA) is 53.9 Å². The van der Waals surface area contributed by atoms with Gasteiger partial charge in [-0.25, -0.2) is 0 Å². The summed E-state index contributed by atoms with van der Waals surface area (Å²) in [5, 5.41) is 9.07. The normalized spacial score (nSPS) is 15.0. The fourth-order valence-electron chi connectivity index (χ4n) is 3.91. The predicted octanol–water partition coefficient (Wildman–Crippen LogP) is 3.29. The van der Waals surface area contributed by atoms with Crippen molar-refractivity contribution in [3.05, 3.63) is 39.8 Å². The maximum atomic E-state index is 13.0. The number of aryl methyl sites for hydroxylation is 1. The van der Waals surface area contributed by atoms with Gasteiger partial charge in [0.15, 0.2) is 0 Å². The minimum absolute atomic E-state index is 0.0327. The molecule has 4 rings (SSSR count). The second kappa shape index (κ2) is 7.21. The van der Waals surface area contributed by atoms with Crippen LogP contribution in [0.5, 0.6) is 0 Å². The number of H-pyrrole nitrogens is 1. The summed E-state index contributed by atoms with van der Waals surface area (Å²) in [6, 6.07) is 6.11. The summed E-state index contributed by atoms with van der Waals surface area (Å²) in [5.74, 6) is 6.98. The van der Waals surface area contributed by atoms with Gasteiger partial charge in [-0.1, -0.05) is 25.7 Å². The van der Waals surface area contributed by atoms with Gasteiger partial charge >= 0.3 is 0 Å². The Labute approximate surface area is 159 Å². The van der Waals surface area contributed by atoms with Crippen LogP contribution in [0.4, 0.5) is 0 Å². The maximum absolute atomic E-state index is 13.0. The van der Waals surface area contributed by atoms with Crippen molar-refractivity contribution in [1.29, 1.82) is 0 Å². The van der Waals surface area contributed by atoms with Crippen LogP contribution in [0.25, 0.3) is 21.8 Å². The summed E-state index contributed by atoms with van der Waals surface area (Å²) < 4.78 is 1.88. The van der Waals surface area contributed by atoms with Crippen molar-refractivity contribution < 1.29 is 0 Å². The third-order valence-corrected chi connectivity index (χ3v) is 5.23. The van der Waals surface area contributed by atoms with Crippen molar-refractivity contribution in [3.63, 3.8) is 0 Å². The maximum Gasteiger partial charge on any atom is 0.262 e. The van der Waals surface area contributed by atoms with Gasteiger partial charge in [-0.05, 0) is 57.0 Å². The Morgan fingerprint density at radius 2 is 2.04 bits per heavy atom. The first-order chi connectivity index (χ1) is 13.0. The highest BCUT2D eigenvalue weighted by Crippen LogP contribution is 2.24. The Hall–Kier alpha value is -2.58. The molecule has 1 saturated heterocycles. The smallest absolute Gasteiger partial charge is 0.262 e. The number of rotatable bonds is 3. The molecule has 3 heterocycles. The first-order valence-corrected chi connectivity index (χ1v) is 9.77. The van der Waals surface area contributed by atoms with E-state index in [0.29, 0.717) is 17.8 Å². The summed E-state index contributed by atoms with van der Waals surface area (Å²) in [6.07, 6.45) is 2.56. The molecule has 0 saturated carbocycles. The second-order valence-corrected chi connectivity index (χ2v) is 7.90. The number of aromatic nitrogens is 3. The molecular weight excluding hydrogens is 336 g/mol. The summed E-state index contributed by atoms with van der Waals surface area (Å²) >= 11 is 0. The molecule has 140 valence electrons. The molecule has 1 fully saturated rings. The van der Waals surface area contributed by atoms with E-state index in [-0.39, 0.29) is 5.56 Å². The fraction of sp³-hybridized carbons (Fsp3) is 0.455. The molecule has 0 unspecified atom stereocenters. The van der Waals surface area contributed by atoms with Crippen LogP contribution in [0.1, 0.15) is 37.9 Å². The molecule has 3 aromatic rings. The minimum atomic E-state index is 0.0327. The van der Waals surface area contributed by atoms with Crippen LogP contribution in [0.15, 0.2) is 23.0 Å². The van der Waals surface area contributed by atoms with Gasteiger partial charge in [-0.15, -0.1) is 0 Å². The molecule has 1 N–H and O–H groups in total. The van der Waals surface area contributed by atoms with Crippen LogP contribution in [0, 0.1) is 24.7 Å². The summed E-state index contributed by atoms with van der Waals surface area (Å²) in [4.78, 5) is 15.4. The Morgan fingerprint density at radius 1 is 1.26 bits per heavy atom. The molecule has 0 aliphatic carbocycles. The highest BCUT2D eigenvalue weighted by molar-refractivity contribution is 6.04. The van der Waals surface area contributed by atoms with Crippen molar-refractivity contribution in [2.24, 2.45) is 5.92 Å². The minimum Gasteiger partial charge on any atom is -0.307 e. The molecule has 2 aromatic heterocycles. The van der Waals surface area contributed by atoms with Crippen LogP contribution >= 0.6 is 0 Å². The van der Waals surface area contributed by atoms with Crippen LogP contribution in [0.3, 0.4) is 0 Å². The van der Waals surface area contributed by atoms with Gasteiger partial charge in [0, 0.05) is 23.2 Å². The number of benzene rings is 1. The number of hydrogen-bond acceptors (Lipinski definition) is 3. The second-order valence-electron chi connectivity index (χ2n) is 7.90. The van der Waals surface area contributed by atoms with Crippen LogP contribution in [-0.2, 0) is 6.54 Å². The van der Waals surface area contributed by atoms with E-state index < -0.39 is 0 Å². The van der Waals surface area contributed by atoms with Crippen LogP contribution in [0.2, 0.25) is 0 Å². The van der Waals surface area contributed by atoms with Crippen molar-refractivity contribution in [2.75, 3.05) is 19.6 Å². The lowest BCUT2D eigenvalue weighted by Gasteiger charge is -2.13. The van der Waals surface area contributed by atoms with Crippen LogP contribution < -0.4 is 5.56 Å². The van der Waals surface area contributed by atoms with Gasteiger partial charge in [0.2, 0.25) is 0 Å². The molecule has 1 aliphatic rings. The lowest BCUT2D eigenvalue weighted by Crippen LogP contribution is -2.23. The Bertz CT molecular complexity index is 1100. The number of nitrogens with zero attached hydrogens (tertiary/aromatic N) is 3. The zero-order chi connectivity index (χ0) is 19.0. The zero-order valence-electron chi connectivity index (χ0n) is 16.3. The number of likely N-dealkylation sites (tertiary alicyclic amines) is 1. The van der Waals surface area contributed by atoms with Crippen molar-refractivity contribution >= 4 is 21.8 Å². The predicted molar refractivity (Wildman–Crippen MR) is 110 cm³/mol. The average Bonchev–Trinajstić information content (AvgIpc) is 3.28. The standard InChI is InChI=1S/C22H26N4O/c1-15(2)14-26-19-9-8-17(7-6-12-25-10-4-5-11-25)13-18(19)21-20(22(26)27)16(3)23-24-21/h8-9,13,15H,4-5,10-12,14H2,1-3H3,(H,23,24). The van der Waals surface area contributed by atoms with Crippen molar-refractivity contribution in [2.45, 2.75) is 40.2 Å². The van der Waals surface area contributed by atoms with E-state index in [0.717, 1.165) is 47.3 Å². The molecule has 0 atom stereocenters. The van der Waals surface area contributed by atoms with Gasteiger partial charge in [0.1, 0.15) is 5.52 Å². The van der Waals surface area contributed by atoms with Crippen molar-refractivity contribution in [3.8, 4) is 11.8 Å². The Morgan fingerprint density at radius 3 is 2.78 bits per heavy atom. The molecule has 0 bridgehead atoms. The molecule has 5 nitrogen and oxygen atoms in total. The molecule has 1 aromatic carbocycles. The number of aromatic amines is 1.